The summed E-state index contributed by atoms with van der Waals surface area (Å²) in [6, 6.07) is 13.9. The highest BCUT2D eigenvalue weighted by Crippen LogP contribution is 2.25. The van der Waals surface area contributed by atoms with Crippen LogP contribution in [0.3, 0.4) is 0 Å². The lowest BCUT2D eigenvalue weighted by Crippen LogP contribution is -2.42. The number of halogens is 1. The van der Waals surface area contributed by atoms with Gasteiger partial charge in [-0.2, -0.15) is 0 Å². The molecule has 0 bridgehead atoms. The number of aliphatic carboxylic acids is 1. The number of hydrogen-bond donors (Lipinski definition) is 2. The SMILES string of the molecule is O=C(O)C1CCN(C(=O)Nc2ccc(Oc3cccc(Cl)c3)cc2)CC1. The Balaban J connectivity index is 1.54. The highest BCUT2D eigenvalue weighted by atomic mass is 35.5. The van der Waals surface area contributed by atoms with Crippen LogP contribution < -0.4 is 10.1 Å². The second-order valence-electron chi connectivity index (χ2n) is 6.11. The number of anilines is 1. The maximum absolute atomic E-state index is 12.3. The molecule has 6 nitrogen and oxygen atoms in total. The molecule has 0 unspecified atom stereocenters. The summed E-state index contributed by atoms with van der Waals surface area (Å²) < 4.78 is 5.71. The molecule has 0 aliphatic carbocycles. The third kappa shape index (κ3) is 4.67. The van der Waals surface area contributed by atoms with Gasteiger partial charge in [0.15, 0.2) is 0 Å². The van der Waals surface area contributed by atoms with Gasteiger partial charge in [-0.05, 0) is 55.3 Å². The van der Waals surface area contributed by atoms with E-state index in [1.807, 2.05) is 6.07 Å². The maximum Gasteiger partial charge on any atom is 0.321 e. The number of carboxylic acids is 1. The Morgan fingerprint density at radius 1 is 1.08 bits per heavy atom. The number of carboxylic acid groups (broad SMARTS) is 1. The van der Waals surface area contributed by atoms with Crippen LogP contribution in [-0.2, 0) is 4.79 Å². The van der Waals surface area contributed by atoms with E-state index in [0.717, 1.165) is 0 Å². The largest absolute Gasteiger partial charge is 0.481 e. The summed E-state index contributed by atoms with van der Waals surface area (Å²) in [6.07, 6.45) is 0.963. The molecule has 2 aromatic carbocycles. The van der Waals surface area contributed by atoms with Crippen molar-refractivity contribution >= 4 is 29.3 Å². The first-order valence-electron chi connectivity index (χ1n) is 8.33. The molecular formula is C19H19ClN2O4. The molecule has 0 aromatic heterocycles. The van der Waals surface area contributed by atoms with Crippen LogP contribution in [-0.4, -0.2) is 35.1 Å². The van der Waals surface area contributed by atoms with Gasteiger partial charge in [-0.25, -0.2) is 4.79 Å². The predicted molar refractivity (Wildman–Crippen MR) is 98.9 cm³/mol. The Bertz CT molecular complexity index is 786. The number of benzene rings is 2. The highest BCUT2D eigenvalue weighted by Gasteiger charge is 2.26. The van der Waals surface area contributed by atoms with E-state index in [1.165, 1.54) is 0 Å². The summed E-state index contributed by atoms with van der Waals surface area (Å²) in [5.74, 6) is 0.116. The standard InChI is InChI=1S/C19H19ClN2O4/c20-14-2-1-3-17(12-14)26-16-6-4-15(5-7-16)21-19(25)22-10-8-13(9-11-22)18(23)24/h1-7,12-13H,8-11H2,(H,21,25)(H,23,24). The number of rotatable bonds is 4. The molecular weight excluding hydrogens is 356 g/mol. The van der Waals surface area contributed by atoms with Crippen LogP contribution >= 0.6 is 11.6 Å². The van der Waals surface area contributed by atoms with Crippen molar-refractivity contribution in [3.63, 3.8) is 0 Å². The van der Waals surface area contributed by atoms with Crippen LogP contribution in [0, 0.1) is 5.92 Å². The molecule has 0 radical (unpaired) electrons. The maximum atomic E-state index is 12.3. The monoisotopic (exact) mass is 374 g/mol. The Morgan fingerprint density at radius 2 is 1.77 bits per heavy atom. The number of carbonyl (C=O) groups excluding carboxylic acids is 1. The van der Waals surface area contributed by atoms with Gasteiger partial charge < -0.3 is 20.1 Å². The average molecular weight is 375 g/mol. The van der Waals surface area contributed by atoms with E-state index >= 15 is 0 Å². The number of likely N-dealkylation sites (tertiary alicyclic amines) is 1. The molecule has 1 fully saturated rings. The van der Waals surface area contributed by atoms with Crippen molar-refractivity contribution in [2.45, 2.75) is 12.8 Å². The Kier molecular flexibility index (Phi) is 5.63. The number of nitrogens with zero attached hydrogens (tertiary/aromatic N) is 1. The Hall–Kier alpha value is -2.73. The van der Waals surface area contributed by atoms with Crippen LogP contribution in [0.2, 0.25) is 5.02 Å². The van der Waals surface area contributed by atoms with E-state index < -0.39 is 5.97 Å². The van der Waals surface area contributed by atoms with Crippen molar-refractivity contribution in [1.29, 1.82) is 0 Å². The summed E-state index contributed by atoms with van der Waals surface area (Å²) in [7, 11) is 0. The van der Waals surface area contributed by atoms with E-state index in [4.69, 9.17) is 21.4 Å². The van der Waals surface area contributed by atoms with Crippen LogP contribution in [0.1, 0.15) is 12.8 Å². The van der Waals surface area contributed by atoms with Gasteiger partial charge in [0.25, 0.3) is 0 Å². The summed E-state index contributed by atoms with van der Waals surface area (Å²) in [6.45, 7) is 0.886. The quantitative estimate of drug-likeness (QED) is 0.828. The van der Waals surface area contributed by atoms with Crippen LogP contribution in [0.25, 0.3) is 0 Å². The Morgan fingerprint density at radius 3 is 2.38 bits per heavy atom. The van der Waals surface area contributed by atoms with Crippen molar-refractivity contribution in [2.24, 2.45) is 5.92 Å². The molecule has 3 rings (SSSR count). The first-order valence-corrected chi connectivity index (χ1v) is 8.71. The molecule has 26 heavy (non-hydrogen) atoms. The fourth-order valence-corrected chi connectivity index (χ4v) is 2.99. The molecule has 7 heteroatoms. The molecule has 0 atom stereocenters. The van der Waals surface area contributed by atoms with E-state index in [-0.39, 0.29) is 11.9 Å². The van der Waals surface area contributed by atoms with E-state index in [2.05, 4.69) is 5.32 Å². The van der Waals surface area contributed by atoms with E-state index in [0.29, 0.717) is 48.1 Å². The first kappa shape index (κ1) is 18.1. The van der Waals surface area contributed by atoms with Crippen molar-refractivity contribution in [3.8, 4) is 11.5 Å². The summed E-state index contributed by atoms with van der Waals surface area (Å²) in [5, 5.41) is 12.4. The summed E-state index contributed by atoms with van der Waals surface area (Å²) in [5.41, 5.74) is 0.647. The first-order chi connectivity index (χ1) is 12.5. The lowest BCUT2D eigenvalue weighted by molar-refractivity contribution is -0.143. The molecule has 2 aromatic rings. The zero-order chi connectivity index (χ0) is 18.5. The van der Waals surface area contributed by atoms with Gasteiger partial charge in [-0.1, -0.05) is 17.7 Å². The van der Waals surface area contributed by atoms with Gasteiger partial charge in [0.1, 0.15) is 11.5 Å². The van der Waals surface area contributed by atoms with Crippen LogP contribution in [0.5, 0.6) is 11.5 Å². The number of carbonyl (C=O) groups is 2. The lowest BCUT2D eigenvalue weighted by Gasteiger charge is -2.30. The molecule has 1 heterocycles. The van der Waals surface area contributed by atoms with Crippen LogP contribution in [0.4, 0.5) is 10.5 Å². The van der Waals surface area contributed by atoms with Crippen molar-refractivity contribution in [3.05, 3.63) is 53.6 Å². The smallest absolute Gasteiger partial charge is 0.321 e. The van der Waals surface area contributed by atoms with Gasteiger partial charge in [-0.15, -0.1) is 0 Å². The second-order valence-corrected chi connectivity index (χ2v) is 6.55. The molecule has 1 aliphatic heterocycles. The molecule has 0 spiro atoms. The second kappa shape index (κ2) is 8.10. The zero-order valence-electron chi connectivity index (χ0n) is 14.0. The topological polar surface area (TPSA) is 78.9 Å². The van der Waals surface area contributed by atoms with E-state index in [1.54, 1.807) is 47.4 Å². The number of ether oxygens (including phenoxy) is 1. The minimum Gasteiger partial charge on any atom is -0.481 e. The van der Waals surface area contributed by atoms with Gasteiger partial charge >= 0.3 is 12.0 Å². The normalized spacial score (nSPS) is 14.7. The summed E-state index contributed by atoms with van der Waals surface area (Å²) in [4.78, 5) is 24.9. The lowest BCUT2D eigenvalue weighted by atomic mass is 9.97. The van der Waals surface area contributed by atoms with Gasteiger partial charge in [0.05, 0.1) is 5.92 Å². The minimum absolute atomic E-state index is 0.225. The molecule has 2 N–H and O–H groups in total. The van der Waals surface area contributed by atoms with Crippen molar-refractivity contribution in [2.75, 3.05) is 18.4 Å². The fraction of sp³-hybridized carbons (Fsp3) is 0.263. The number of urea groups is 1. The number of amides is 2. The molecule has 2 amide bonds. The zero-order valence-corrected chi connectivity index (χ0v) is 14.8. The Labute approximate surface area is 156 Å². The fourth-order valence-electron chi connectivity index (χ4n) is 2.80. The van der Waals surface area contributed by atoms with Crippen LogP contribution in [0.15, 0.2) is 48.5 Å². The molecule has 1 saturated heterocycles. The van der Waals surface area contributed by atoms with E-state index in [9.17, 15) is 9.59 Å². The highest BCUT2D eigenvalue weighted by molar-refractivity contribution is 6.30. The van der Waals surface area contributed by atoms with Gasteiger partial charge in [0, 0.05) is 23.8 Å². The summed E-state index contributed by atoms with van der Waals surface area (Å²) >= 11 is 5.93. The van der Waals surface area contributed by atoms with Gasteiger partial charge in [0.2, 0.25) is 0 Å². The van der Waals surface area contributed by atoms with Crippen molar-refractivity contribution in [1.82, 2.24) is 4.90 Å². The molecule has 0 saturated carbocycles. The molecule has 1 aliphatic rings. The minimum atomic E-state index is -0.791. The van der Waals surface area contributed by atoms with Gasteiger partial charge in [-0.3, -0.25) is 4.79 Å². The number of nitrogens with one attached hydrogen (secondary N) is 1. The number of hydrogen-bond acceptors (Lipinski definition) is 3. The van der Waals surface area contributed by atoms with Crippen molar-refractivity contribution < 1.29 is 19.4 Å². The third-order valence-electron chi connectivity index (χ3n) is 4.27. The third-order valence-corrected chi connectivity index (χ3v) is 4.50. The molecule has 136 valence electrons. The number of piperidine rings is 1. The predicted octanol–water partition coefficient (Wildman–Crippen LogP) is 4.46. The average Bonchev–Trinajstić information content (AvgIpc) is 2.63.